The van der Waals surface area contributed by atoms with Crippen LogP contribution >= 0.6 is 11.3 Å². The van der Waals surface area contributed by atoms with Gasteiger partial charge < -0.3 is 14.5 Å². The van der Waals surface area contributed by atoms with Gasteiger partial charge in [-0.15, -0.1) is 16.4 Å². The summed E-state index contributed by atoms with van der Waals surface area (Å²) in [6.45, 7) is 5.51. The Hall–Kier alpha value is -2.92. The Bertz CT molecular complexity index is 1390. The number of hydrogen-bond donors (Lipinski definition) is 1. The van der Waals surface area contributed by atoms with Gasteiger partial charge in [-0.1, -0.05) is 17.7 Å². The summed E-state index contributed by atoms with van der Waals surface area (Å²) in [5.41, 5.74) is 2.47. The molecule has 0 spiro atoms. The summed E-state index contributed by atoms with van der Waals surface area (Å²) in [5.74, 6) is 0.655. The SMILES string of the molecule is Cc1ccc2[nH]c(=O)c([C@@H](c3nnnn3C[C@H]3CCCO3)N(Cc3cccs3)C[C@@H]3CCCO3)cc2c1. The third-order valence-corrected chi connectivity index (χ3v) is 8.16. The summed E-state index contributed by atoms with van der Waals surface area (Å²) in [6.07, 6.45) is 4.25. The number of aromatic nitrogens is 5. The fourth-order valence-corrected chi connectivity index (χ4v) is 6.21. The molecule has 0 radical (unpaired) electrons. The lowest BCUT2D eigenvalue weighted by Crippen LogP contribution is -2.39. The van der Waals surface area contributed by atoms with Crippen LogP contribution in [-0.4, -0.2) is 62.1 Å². The van der Waals surface area contributed by atoms with Gasteiger partial charge in [0.1, 0.15) is 6.04 Å². The number of nitrogens with one attached hydrogen (secondary N) is 1. The van der Waals surface area contributed by atoms with Crippen LogP contribution in [0.15, 0.2) is 46.6 Å². The van der Waals surface area contributed by atoms with Gasteiger partial charge in [0.25, 0.3) is 5.56 Å². The number of fused-ring (bicyclic) bond motifs is 1. The smallest absolute Gasteiger partial charge is 0.253 e. The zero-order valence-corrected chi connectivity index (χ0v) is 21.8. The number of aryl methyl sites for hydroxylation is 1. The Kier molecular flexibility index (Phi) is 7.14. The first-order valence-corrected chi connectivity index (χ1v) is 13.9. The molecule has 2 aliphatic heterocycles. The molecule has 1 N–H and O–H groups in total. The van der Waals surface area contributed by atoms with Gasteiger partial charge in [-0.25, -0.2) is 4.68 Å². The number of H-pyrrole nitrogens is 1. The lowest BCUT2D eigenvalue weighted by Gasteiger charge is -2.32. The van der Waals surface area contributed by atoms with Crippen molar-refractivity contribution in [1.29, 1.82) is 0 Å². The van der Waals surface area contributed by atoms with Crippen molar-refractivity contribution < 1.29 is 9.47 Å². The minimum Gasteiger partial charge on any atom is -0.377 e. The number of ether oxygens (including phenoxy) is 2. The van der Waals surface area contributed by atoms with Crippen molar-refractivity contribution in [2.75, 3.05) is 19.8 Å². The number of nitrogens with zero attached hydrogens (tertiary/aromatic N) is 5. The van der Waals surface area contributed by atoms with Gasteiger partial charge >= 0.3 is 0 Å². The van der Waals surface area contributed by atoms with E-state index in [-0.39, 0.29) is 17.8 Å². The molecule has 3 atom stereocenters. The molecule has 9 nitrogen and oxygen atoms in total. The van der Waals surface area contributed by atoms with Crippen LogP contribution in [0.5, 0.6) is 0 Å². The lowest BCUT2D eigenvalue weighted by molar-refractivity contribution is 0.0559. The molecule has 0 bridgehead atoms. The van der Waals surface area contributed by atoms with Crippen LogP contribution in [0.3, 0.4) is 0 Å². The first-order valence-electron chi connectivity index (χ1n) is 13.0. The Morgan fingerprint density at radius 2 is 2.00 bits per heavy atom. The summed E-state index contributed by atoms with van der Waals surface area (Å²) >= 11 is 1.71. The average Bonchev–Trinajstić information content (AvgIpc) is 3.70. The molecule has 2 saturated heterocycles. The molecule has 10 heteroatoms. The van der Waals surface area contributed by atoms with Gasteiger partial charge in [0, 0.05) is 42.3 Å². The maximum Gasteiger partial charge on any atom is 0.253 e. The number of thiophene rings is 1. The Balaban J connectivity index is 1.47. The highest BCUT2D eigenvalue weighted by Gasteiger charge is 2.34. The van der Waals surface area contributed by atoms with E-state index < -0.39 is 6.04 Å². The largest absolute Gasteiger partial charge is 0.377 e. The van der Waals surface area contributed by atoms with Gasteiger partial charge in [0.2, 0.25) is 0 Å². The second-order valence-corrected chi connectivity index (χ2v) is 11.1. The number of hydrogen-bond acceptors (Lipinski definition) is 8. The van der Waals surface area contributed by atoms with E-state index >= 15 is 0 Å². The fraction of sp³-hybridized carbons (Fsp3) is 0.481. The van der Waals surface area contributed by atoms with Crippen LogP contribution in [0.1, 0.15) is 53.6 Å². The van der Waals surface area contributed by atoms with Crippen LogP contribution in [-0.2, 0) is 22.6 Å². The second-order valence-electron chi connectivity index (χ2n) is 10.0. The molecule has 2 aliphatic rings. The number of rotatable bonds is 9. The van der Waals surface area contributed by atoms with Crippen molar-refractivity contribution >= 4 is 22.2 Å². The second kappa shape index (κ2) is 10.8. The van der Waals surface area contributed by atoms with E-state index in [1.165, 1.54) is 4.88 Å². The third kappa shape index (κ3) is 5.38. The number of benzene rings is 1. The molecule has 0 aliphatic carbocycles. The monoisotopic (exact) mass is 520 g/mol. The topological polar surface area (TPSA) is 98.2 Å². The van der Waals surface area contributed by atoms with Crippen molar-refractivity contribution in [3.63, 3.8) is 0 Å². The minimum atomic E-state index is -0.448. The van der Waals surface area contributed by atoms with Crippen molar-refractivity contribution in [3.8, 4) is 0 Å². The van der Waals surface area contributed by atoms with Gasteiger partial charge in [-0.05, 0) is 78.1 Å². The number of pyridine rings is 1. The zero-order valence-electron chi connectivity index (χ0n) is 21.0. The van der Waals surface area contributed by atoms with E-state index in [2.05, 4.69) is 55.9 Å². The Morgan fingerprint density at radius 1 is 1.16 bits per heavy atom. The summed E-state index contributed by atoms with van der Waals surface area (Å²) in [5, 5.41) is 16.0. The number of tetrazole rings is 1. The highest BCUT2D eigenvalue weighted by Crippen LogP contribution is 2.31. The number of aromatic amines is 1. The first kappa shape index (κ1) is 24.4. The molecule has 6 rings (SSSR count). The molecule has 37 heavy (non-hydrogen) atoms. The van der Waals surface area contributed by atoms with Gasteiger partial charge in [-0.2, -0.15) is 0 Å². The molecule has 0 amide bonds. The van der Waals surface area contributed by atoms with Crippen LogP contribution in [0, 0.1) is 6.92 Å². The summed E-state index contributed by atoms with van der Waals surface area (Å²) in [7, 11) is 0. The van der Waals surface area contributed by atoms with E-state index in [0.717, 1.165) is 55.4 Å². The lowest BCUT2D eigenvalue weighted by atomic mass is 10.0. The predicted octanol–water partition coefficient (Wildman–Crippen LogP) is 3.83. The van der Waals surface area contributed by atoms with Crippen molar-refractivity contribution in [2.24, 2.45) is 0 Å². The van der Waals surface area contributed by atoms with Crippen molar-refractivity contribution in [1.82, 2.24) is 30.1 Å². The minimum absolute atomic E-state index is 0.0735. The highest BCUT2D eigenvalue weighted by molar-refractivity contribution is 7.09. The normalized spacial score (nSPS) is 20.8. The van der Waals surface area contributed by atoms with Gasteiger partial charge in [-0.3, -0.25) is 9.69 Å². The predicted molar refractivity (Wildman–Crippen MR) is 142 cm³/mol. The standard InChI is InChI=1S/C27H32N6O3S/c1-18-8-9-24-19(13-18)14-23(27(34)28-24)25(26-29-30-31-33(26)16-21-6-3-11-36-21)32(15-20-5-2-10-35-20)17-22-7-4-12-37-22/h4,7-9,12-14,20-21,25H,2-3,5-6,10-11,15-17H2,1H3,(H,28,34)/t20-,21+,25-/m0/s1. The highest BCUT2D eigenvalue weighted by atomic mass is 32.1. The fourth-order valence-electron chi connectivity index (χ4n) is 5.48. The molecule has 0 saturated carbocycles. The van der Waals surface area contributed by atoms with E-state index in [0.29, 0.717) is 31.0 Å². The van der Waals surface area contributed by atoms with Crippen LogP contribution in [0.2, 0.25) is 0 Å². The molecule has 2 fully saturated rings. The maximum absolute atomic E-state index is 13.6. The van der Waals surface area contributed by atoms with Crippen LogP contribution in [0.4, 0.5) is 0 Å². The molecule has 4 aromatic rings. The average molecular weight is 521 g/mol. The van der Waals surface area contributed by atoms with Crippen LogP contribution < -0.4 is 5.56 Å². The molecule has 5 heterocycles. The van der Waals surface area contributed by atoms with Gasteiger partial charge in [0.05, 0.1) is 18.8 Å². The van der Waals surface area contributed by atoms with E-state index in [1.807, 2.05) is 22.9 Å². The third-order valence-electron chi connectivity index (χ3n) is 7.29. The quantitative estimate of drug-likeness (QED) is 0.358. The molecule has 194 valence electrons. The van der Waals surface area contributed by atoms with E-state index in [1.54, 1.807) is 11.3 Å². The molecule has 3 aromatic heterocycles. The molecule has 0 unspecified atom stereocenters. The molecule has 1 aromatic carbocycles. The van der Waals surface area contributed by atoms with Crippen molar-refractivity contribution in [2.45, 2.75) is 63.9 Å². The molecular formula is C27H32N6O3S. The Morgan fingerprint density at radius 3 is 2.76 bits per heavy atom. The van der Waals surface area contributed by atoms with Crippen molar-refractivity contribution in [3.05, 3.63) is 74.0 Å². The Labute approximate surface area is 219 Å². The first-order chi connectivity index (χ1) is 18.1. The van der Waals surface area contributed by atoms with Gasteiger partial charge in [0.15, 0.2) is 5.82 Å². The van der Waals surface area contributed by atoms with E-state index in [9.17, 15) is 4.79 Å². The zero-order chi connectivity index (χ0) is 25.2. The molecular weight excluding hydrogens is 488 g/mol. The summed E-state index contributed by atoms with van der Waals surface area (Å²) in [4.78, 5) is 20.3. The summed E-state index contributed by atoms with van der Waals surface area (Å²) in [6, 6.07) is 11.8. The summed E-state index contributed by atoms with van der Waals surface area (Å²) < 4.78 is 13.8. The van der Waals surface area contributed by atoms with Crippen LogP contribution in [0.25, 0.3) is 10.9 Å². The maximum atomic E-state index is 13.6. The van der Waals surface area contributed by atoms with E-state index in [4.69, 9.17) is 9.47 Å².